The van der Waals surface area contributed by atoms with E-state index in [4.69, 9.17) is 19.9 Å². The van der Waals surface area contributed by atoms with Crippen LogP contribution in [0.2, 0.25) is 0 Å². The van der Waals surface area contributed by atoms with Crippen LogP contribution >= 0.6 is 12.4 Å². The Morgan fingerprint density at radius 2 is 1.77 bits per heavy atom. The van der Waals surface area contributed by atoms with Crippen LogP contribution in [0.25, 0.3) is 0 Å². The van der Waals surface area contributed by atoms with Gasteiger partial charge in [-0.25, -0.2) is 0 Å². The third-order valence-corrected chi connectivity index (χ3v) is 7.18. The van der Waals surface area contributed by atoms with Crippen molar-refractivity contribution in [3.05, 3.63) is 29.8 Å². The number of para-hydroxylation sites is 1. The van der Waals surface area contributed by atoms with Gasteiger partial charge >= 0.3 is 5.92 Å². The van der Waals surface area contributed by atoms with Crippen molar-refractivity contribution < 1.29 is 37.7 Å². The molecule has 1 aromatic carbocycles. The molecule has 9 nitrogen and oxygen atoms in total. The van der Waals surface area contributed by atoms with Crippen LogP contribution in [0.3, 0.4) is 0 Å². The van der Waals surface area contributed by atoms with E-state index in [1.807, 2.05) is 13.8 Å². The molecule has 0 saturated carbocycles. The molecule has 3 atom stereocenters. The molecule has 0 aromatic heterocycles. The fraction of sp³-hybridized carbons (Fsp3) is 0.714. The predicted octanol–water partition coefficient (Wildman–Crippen LogP) is 3.17. The first kappa shape index (κ1) is 36.0. The predicted molar refractivity (Wildman–Crippen MR) is 151 cm³/mol. The lowest BCUT2D eigenvalue weighted by atomic mass is 9.87. The maximum atomic E-state index is 14.5. The van der Waals surface area contributed by atoms with E-state index in [9.17, 15) is 23.5 Å². The van der Waals surface area contributed by atoms with Crippen molar-refractivity contribution in [1.82, 2.24) is 10.6 Å². The van der Waals surface area contributed by atoms with E-state index in [2.05, 4.69) is 10.6 Å². The highest BCUT2D eigenvalue weighted by molar-refractivity contribution is 5.96. The molecule has 2 rings (SSSR count). The molecule has 0 spiro atoms. The zero-order valence-electron chi connectivity index (χ0n) is 23.7. The zero-order chi connectivity index (χ0) is 28.8. The van der Waals surface area contributed by atoms with Gasteiger partial charge in [0.25, 0.3) is 11.8 Å². The number of carbonyl (C=O) groups excluding carboxylic acids is 2. The van der Waals surface area contributed by atoms with E-state index in [1.165, 1.54) is 0 Å². The molecule has 1 saturated heterocycles. The van der Waals surface area contributed by atoms with Crippen LogP contribution in [0.15, 0.2) is 24.3 Å². The van der Waals surface area contributed by atoms with Crippen molar-refractivity contribution in [2.45, 2.75) is 64.0 Å². The quantitative estimate of drug-likeness (QED) is 0.204. The van der Waals surface area contributed by atoms with Crippen LogP contribution in [-0.2, 0) is 14.3 Å². The van der Waals surface area contributed by atoms with Gasteiger partial charge in [-0.05, 0) is 56.1 Å². The summed E-state index contributed by atoms with van der Waals surface area (Å²) >= 11 is 0. The summed E-state index contributed by atoms with van der Waals surface area (Å²) in [5.74, 6) is -5.81. The van der Waals surface area contributed by atoms with Gasteiger partial charge in [0.2, 0.25) is 0 Å². The number of hydrogen-bond acceptors (Lipinski definition) is 7. The monoisotopic (exact) mass is 593 g/mol. The van der Waals surface area contributed by atoms with Crippen LogP contribution in [0, 0.1) is 17.8 Å². The number of hydrogen-bond donors (Lipinski definition) is 4. The first-order valence-electron chi connectivity index (χ1n) is 13.7. The number of amides is 2. The first-order chi connectivity index (χ1) is 18.6. The summed E-state index contributed by atoms with van der Waals surface area (Å²) in [5.41, 5.74) is 6.60. The lowest BCUT2D eigenvalue weighted by Gasteiger charge is -2.30. The summed E-state index contributed by atoms with van der Waals surface area (Å²) in [6.07, 6.45) is 0.971. The lowest BCUT2D eigenvalue weighted by molar-refractivity contribution is -0.160. The Bertz CT molecular complexity index is 889. The summed E-state index contributed by atoms with van der Waals surface area (Å²) in [7, 11) is 1.65. The van der Waals surface area contributed by atoms with Gasteiger partial charge in [-0.15, -0.1) is 12.4 Å². The van der Waals surface area contributed by atoms with Gasteiger partial charge in [0.15, 0.2) is 0 Å². The molecular weight excluding hydrogens is 548 g/mol. The Kier molecular flexibility index (Phi) is 16.5. The molecule has 1 aromatic rings. The summed E-state index contributed by atoms with van der Waals surface area (Å²) in [6, 6.07) is 6.22. The van der Waals surface area contributed by atoms with Gasteiger partial charge in [-0.2, -0.15) is 8.78 Å². The van der Waals surface area contributed by atoms with Gasteiger partial charge in [0.05, 0.1) is 18.3 Å². The Morgan fingerprint density at radius 1 is 1.12 bits per heavy atom. The Hall–Kier alpha value is -2.05. The van der Waals surface area contributed by atoms with Crippen LogP contribution in [0.4, 0.5) is 8.78 Å². The lowest BCUT2D eigenvalue weighted by Crippen LogP contribution is -2.51. The molecule has 5 N–H and O–H groups in total. The number of nitrogens with one attached hydrogen (secondary N) is 2. The number of nitrogens with two attached hydrogens (primary N) is 1. The fourth-order valence-corrected chi connectivity index (χ4v) is 4.44. The van der Waals surface area contributed by atoms with Crippen molar-refractivity contribution in [2.24, 2.45) is 23.5 Å². The summed E-state index contributed by atoms with van der Waals surface area (Å²) in [6.45, 7) is 5.37. The van der Waals surface area contributed by atoms with E-state index < -0.39 is 29.9 Å². The highest BCUT2D eigenvalue weighted by Crippen LogP contribution is 2.32. The highest BCUT2D eigenvalue weighted by Gasteiger charge is 2.47. The minimum Gasteiger partial charge on any atom is -0.493 e. The van der Waals surface area contributed by atoms with Crippen molar-refractivity contribution in [2.75, 3.05) is 46.6 Å². The van der Waals surface area contributed by atoms with Crippen molar-refractivity contribution in [3.8, 4) is 5.75 Å². The zero-order valence-corrected chi connectivity index (χ0v) is 24.5. The summed E-state index contributed by atoms with van der Waals surface area (Å²) in [4.78, 5) is 25.1. The maximum Gasteiger partial charge on any atom is 0.327 e. The third kappa shape index (κ3) is 11.4. The van der Waals surface area contributed by atoms with Gasteiger partial charge in [0, 0.05) is 52.0 Å². The molecule has 0 radical (unpaired) electrons. The Morgan fingerprint density at radius 3 is 2.42 bits per heavy atom. The maximum absolute atomic E-state index is 14.5. The number of rotatable bonds is 17. The van der Waals surface area contributed by atoms with Crippen LogP contribution in [0.5, 0.6) is 5.75 Å². The van der Waals surface area contributed by atoms with Crippen molar-refractivity contribution in [3.63, 3.8) is 0 Å². The van der Waals surface area contributed by atoms with E-state index >= 15 is 0 Å². The van der Waals surface area contributed by atoms with Gasteiger partial charge < -0.3 is 35.7 Å². The van der Waals surface area contributed by atoms with Crippen LogP contribution in [0.1, 0.15) is 56.3 Å². The molecular formula is C28H46ClF2N3O6. The minimum atomic E-state index is -3.54. The molecule has 1 aliphatic rings. The SMILES string of the molecule is COCCCCOc1ccccc1C(=O)NC[C@@H](C[C@H](N)[C@@H](O)CNC(=O)C(F)(F)C1CCOCC1)C(C)C.Cl. The largest absolute Gasteiger partial charge is 0.493 e. The normalized spacial score (nSPS) is 16.5. The molecule has 0 aliphatic carbocycles. The molecule has 0 bridgehead atoms. The number of methoxy groups -OCH3 is 1. The second kappa shape index (κ2) is 18.4. The van der Waals surface area contributed by atoms with Crippen molar-refractivity contribution >= 4 is 24.2 Å². The molecule has 2 amide bonds. The second-order valence-electron chi connectivity index (χ2n) is 10.4. The van der Waals surface area contributed by atoms with Gasteiger partial charge in [-0.3, -0.25) is 9.59 Å². The first-order valence-corrected chi connectivity index (χ1v) is 13.7. The Balaban J connectivity index is 0.00000800. The standard InChI is InChI=1S/C28H45F2N3O6.ClH/c1-19(2)20(17-32-26(35)22-8-4-5-9-25(22)39-13-7-6-12-37-3)16-23(31)24(34)18-33-27(36)28(29,30)21-10-14-38-15-11-21;/h4-5,8-9,19-21,23-24,34H,6-7,10-18,31H2,1-3H3,(H,32,35)(H,33,36);1H/t20-,23+,24+;/m1./s1. The number of benzene rings is 1. The summed E-state index contributed by atoms with van der Waals surface area (Å²) < 4.78 is 44.9. The van der Waals surface area contributed by atoms with E-state index in [0.717, 1.165) is 12.8 Å². The number of halogens is 3. The molecule has 230 valence electrons. The average Bonchev–Trinajstić information content (AvgIpc) is 2.93. The molecule has 40 heavy (non-hydrogen) atoms. The number of aliphatic hydroxyl groups is 1. The third-order valence-electron chi connectivity index (χ3n) is 7.18. The molecule has 0 unspecified atom stereocenters. The van der Waals surface area contributed by atoms with Crippen LogP contribution in [-0.4, -0.2) is 81.6 Å². The Labute approximate surface area is 242 Å². The molecule has 1 fully saturated rings. The number of carbonyl (C=O) groups is 2. The number of aliphatic hydroxyl groups excluding tert-OH is 1. The topological polar surface area (TPSA) is 132 Å². The van der Waals surface area contributed by atoms with Crippen LogP contribution < -0.4 is 21.1 Å². The van der Waals surface area contributed by atoms with E-state index in [-0.39, 0.29) is 62.8 Å². The summed E-state index contributed by atoms with van der Waals surface area (Å²) in [5, 5.41) is 15.6. The number of ether oxygens (including phenoxy) is 3. The molecule has 1 heterocycles. The smallest absolute Gasteiger partial charge is 0.327 e. The number of alkyl halides is 2. The van der Waals surface area contributed by atoms with E-state index in [0.29, 0.717) is 37.5 Å². The number of unbranched alkanes of at least 4 members (excludes halogenated alkanes) is 1. The van der Waals surface area contributed by atoms with E-state index in [1.54, 1.807) is 31.4 Å². The minimum absolute atomic E-state index is 0. The fourth-order valence-electron chi connectivity index (χ4n) is 4.44. The average molecular weight is 594 g/mol. The highest BCUT2D eigenvalue weighted by atomic mass is 35.5. The van der Waals surface area contributed by atoms with Gasteiger partial charge in [-0.1, -0.05) is 26.0 Å². The second-order valence-corrected chi connectivity index (χ2v) is 10.4. The van der Waals surface area contributed by atoms with Crippen molar-refractivity contribution in [1.29, 1.82) is 0 Å². The molecule has 12 heteroatoms. The van der Waals surface area contributed by atoms with Gasteiger partial charge in [0.1, 0.15) is 5.75 Å². The molecule has 1 aliphatic heterocycles.